The molecular formula is C19H27IN4O2S. The zero-order chi connectivity index (χ0) is 18.4. The Morgan fingerprint density at radius 3 is 2.78 bits per heavy atom. The third-order valence-electron chi connectivity index (χ3n) is 3.85. The van der Waals surface area contributed by atoms with E-state index in [1.807, 2.05) is 24.4 Å². The Balaban J connectivity index is 0.00000261. The Bertz CT molecular complexity index is 764. The Morgan fingerprint density at radius 2 is 2.04 bits per heavy atom. The zero-order valence-corrected chi connectivity index (χ0v) is 19.1. The molecule has 2 N–H and O–H groups in total. The first-order valence-electron chi connectivity index (χ1n) is 8.95. The van der Waals surface area contributed by atoms with Crippen molar-refractivity contribution in [2.24, 2.45) is 10.9 Å². The van der Waals surface area contributed by atoms with E-state index in [1.165, 1.54) is 9.88 Å². The van der Waals surface area contributed by atoms with Crippen LogP contribution >= 0.6 is 35.3 Å². The van der Waals surface area contributed by atoms with Gasteiger partial charge in [0.2, 0.25) is 0 Å². The number of guanidine groups is 1. The molecule has 0 spiro atoms. The molecule has 2 heterocycles. The zero-order valence-electron chi connectivity index (χ0n) is 15.9. The van der Waals surface area contributed by atoms with Crippen LogP contribution in [0, 0.1) is 5.92 Å². The van der Waals surface area contributed by atoms with Gasteiger partial charge in [-0.3, -0.25) is 4.99 Å². The Kier molecular flexibility index (Phi) is 8.62. The predicted octanol–water partition coefficient (Wildman–Crippen LogP) is 4.31. The van der Waals surface area contributed by atoms with Crippen LogP contribution in [0.25, 0.3) is 0 Å². The molecule has 1 aliphatic heterocycles. The van der Waals surface area contributed by atoms with Gasteiger partial charge in [-0.25, -0.2) is 4.98 Å². The highest BCUT2D eigenvalue weighted by Crippen LogP contribution is 2.32. The summed E-state index contributed by atoms with van der Waals surface area (Å²) in [6.07, 6.45) is 3.86. The van der Waals surface area contributed by atoms with E-state index in [9.17, 15) is 0 Å². The molecule has 2 aromatic rings. The van der Waals surface area contributed by atoms with Crippen molar-refractivity contribution in [2.45, 2.75) is 33.2 Å². The van der Waals surface area contributed by atoms with Gasteiger partial charge in [0.15, 0.2) is 17.5 Å². The minimum Gasteiger partial charge on any atom is -0.490 e. The summed E-state index contributed by atoms with van der Waals surface area (Å²) >= 11 is 1.75. The van der Waals surface area contributed by atoms with Gasteiger partial charge in [-0.05, 0) is 18.1 Å². The lowest BCUT2D eigenvalue weighted by Crippen LogP contribution is -2.29. The lowest BCUT2D eigenvalue weighted by molar-refractivity contribution is 0.297. The standard InChI is InChI=1S/C19H26N4O2S.HI/c1-13(2)9-18-21-11-15(26-18)12-22-19(20-3)23-14-5-6-16-17(10-14)25-8-4-7-24-16;/h5-6,10-11,13H,4,7-9,12H2,1-3H3,(H2,20,22,23);1H. The number of nitrogens with one attached hydrogen (secondary N) is 2. The summed E-state index contributed by atoms with van der Waals surface area (Å²) in [5, 5.41) is 7.81. The third kappa shape index (κ3) is 6.53. The van der Waals surface area contributed by atoms with Gasteiger partial charge in [-0.1, -0.05) is 13.8 Å². The predicted molar refractivity (Wildman–Crippen MR) is 122 cm³/mol. The van der Waals surface area contributed by atoms with Crippen molar-refractivity contribution in [1.82, 2.24) is 10.3 Å². The average Bonchev–Trinajstić information content (AvgIpc) is 2.92. The normalized spacial score (nSPS) is 13.7. The Morgan fingerprint density at radius 1 is 1.26 bits per heavy atom. The van der Waals surface area contributed by atoms with E-state index in [4.69, 9.17) is 9.47 Å². The molecule has 0 aliphatic carbocycles. The first-order chi connectivity index (χ1) is 12.6. The van der Waals surface area contributed by atoms with Gasteiger partial charge in [0.25, 0.3) is 0 Å². The molecule has 0 saturated carbocycles. The van der Waals surface area contributed by atoms with Crippen molar-refractivity contribution in [1.29, 1.82) is 0 Å². The number of aromatic nitrogens is 1. The molecule has 1 aliphatic rings. The van der Waals surface area contributed by atoms with Gasteiger partial charge in [-0.2, -0.15) is 0 Å². The quantitative estimate of drug-likeness (QED) is 0.363. The van der Waals surface area contributed by atoms with Crippen LogP contribution in [-0.4, -0.2) is 31.2 Å². The minimum atomic E-state index is 0. The molecule has 3 rings (SSSR count). The molecule has 0 fully saturated rings. The summed E-state index contributed by atoms with van der Waals surface area (Å²) in [5.74, 6) is 2.89. The van der Waals surface area contributed by atoms with Crippen LogP contribution in [0.1, 0.15) is 30.2 Å². The Labute approximate surface area is 181 Å². The fourth-order valence-corrected chi connectivity index (χ4v) is 3.68. The van der Waals surface area contributed by atoms with Gasteiger partial charge in [0.05, 0.1) is 24.8 Å². The van der Waals surface area contributed by atoms with Crippen LogP contribution in [0.4, 0.5) is 5.69 Å². The fourth-order valence-electron chi connectivity index (χ4n) is 2.60. The third-order valence-corrected chi connectivity index (χ3v) is 4.87. The van der Waals surface area contributed by atoms with E-state index in [0.29, 0.717) is 31.6 Å². The highest BCUT2D eigenvalue weighted by atomic mass is 127. The van der Waals surface area contributed by atoms with Crippen LogP contribution in [0.5, 0.6) is 11.5 Å². The maximum Gasteiger partial charge on any atom is 0.195 e. The highest BCUT2D eigenvalue weighted by molar-refractivity contribution is 14.0. The van der Waals surface area contributed by atoms with Gasteiger partial charge in [0.1, 0.15) is 0 Å². The van der Waals surface area contributed by atoms with Crippen molar-refractivity contribution in [3.63, 3.8) is 0 Å². The molecule has 1 aromatic carbocycles. The van der Waals surface area contributed by atoms with Gasteiger partial charge in [0, 0.05) is 42.7 Å². The van der Waals surface area contributed by atoms with Crippen LogP contribution < -0.4 is 20.1 Å². The lowest BCUT2D eigenvalue weighted by Gasteiger charge is -2.13. The number of benzene rings is 1. The number of rotatable bonds is 5. The minimum absolute atomic E-state index is 0. The number of fused-ring (bicyclic) bond motifs is 1. The lowest BCUT2D eigenvalue weighted by atomic mass is 10.1. The number of thiazole rings is 1. The molecule has 0 bridgehead atoms. The van der Waals surface area contributed by atoms with Crippen molar-refractivity contribution in [2.75, 3.05) is 25.6 Å². The molecular weight excluding hydrogens is 475 g/mol. The molecule has 1 aromatic heterocycles. The summed E-state index contributed by atoms with van der Waals surface area (Å²) in [6.45, 7) is 6.48. The summed E-state index contributed by atoms with van der Waals surface area (Å²) < 4.78 is 11.4. The molecule has 8 heteroatoms. The smallest absolute Gasteiger partial charge is 0.195 e. The number of hydrogen-bond donors (Lipinski definition) is 2. The van der Waals surface area contributed by atoms with Gasteiger partial charge >= 0.3 is 0 Å². The topological polar surface area (TPSA) is 67.8 Å². The van der Waals surface area contributed by atoms with Crippen LogP contribution in [-0.2, 0) is 13.0 Å². The Hall–Kier alpha value is -1.55. The first-order valence-corrected chi connectivity index (χ1v) is 9.76. The molecule has 0 radical (unpaired) electrons. The summed E-state index contributed by atoms with van der Waals surface area (Å²) in [4.78, 5) is 9.98. The molecule has 27 heavy (non-hydrogen) atoms. The van der Waals surface area contributed by atoms with E-state index < -0.39 is 0 Å². The number of aliphatic imine (C=N–C) groups is 1. The fraction of sp³-hybridized carbons (Fsp3) is 0.474. The van der Waals surface area contributed by atoms with Crippen LogP contribution in [0.3, 0.4) is 0 Å². The largest absolute Gasteiger partial charge is 0.490 e. The maximum absolute atomic E-state index is 5.74. The highest BCUT2D eigenvalue weighted by Gasteiger charge is 2.11. The molecule has 0 unspecified atom stereocenters. The average molecular weight is 502 g/mol. The number of anilines is 1. The number of ether oxygens (including phenoxy) is 2. The second-order valence-electron chi connectivity index (χ2n) is 6.58. The second kappa shape index (κ2) is 10.7. The number of nitrogens with zero attached hydrogens (tertiary/aromatic N) is 2. The first kappa shape index (κ1) is 21.7. The van der Waals surface area contributed by atoms with Crippen molar-refractivity contribution in [3.8, 4) is 11.5 Å². The monoisotopic (exact) mass is 502 g/mol. The molecule has 0 amide bonds. The van der Waals surface area contributed by atoms with Crippen LogP contribution in [0.15, 0.2) is 29.4 Å². The van der Waals surface area contributed by atoms with Gasteiger partial charge in [-0.15, -0.1) is 35.3 Å². The molecule has 0 atom stereocenters. The maximum atomic E-state index is 5.74. The van der Waals surface area contributed by atoms with Crippen molar-refractivity contribution < 1.29 is 9.47 Å². The van der Waals surface area contributed by atoms with Crippen LogP contribution in [0.2, 0.25) is 0 Å². The molecule has 0 saturated heterocycles. The van der Waals surface area contributed by atoms with E-state index in [-0.39, 0.29) is 24.0 Å². The van der Waals surface area contributed by atoms with Crippen molar-refractivity contribution >= 4 is 47.0 Å². The van der Waals surface area contributed by atoms with E-state index in [1.54, 1.807) is 18.4 Å². The number of halogens is 1. The van der Waals surface area contributed by atoms with E-state index in [0.717, 1.165) is 30.0 Å². The summed E-state index contributed by atoms with van der Waals surface area (Å²) in [6, 6.07) is 5.84. The molecule has 6 nitrogen and oxygen atoms in total. The summed E-state index contributed by atoms with van der Waals surface area (Å²) in [5.41, 5.74) is 0.909. The summed E-state index contributed by atoms with van der Waals surface area (Å²) in [7, 11) is 1.76. The number of hydrogen-bond acceptors (Lipinski definition) is 5. The van der Waals surface area contributed by atoms with E-state index >= 15 is 0 Å². The van der Waals surface area contributed by atoms with Gasteiger partial charge < -0.3 is 20.1 Å². The molecule has 148 valence electrons. The SMILES string of the molecule is CN=C(NCc1cnc(CC(C)C)s1)Nc1ccc2c(c1)OCCCO2.I. The van der Waals surface area contributed by atoms with Crippen molar-refractivity contribution in [3.05, 3.63) is 34.3 Å². The van der Waals surface area contributed by atoms with E-state index in [2.05, 4.69) is 34.5 Å². The second-order valence-corrected chi connectivity index (χ2v) is 7.78.